The van der Waals surface area contributed by atoms with E-state index in [4.69, 9.17) is 9.05 Å². The molecule has 0 aliphatic carbocycles. The first-order chi connectivity index (χ1) is 15.8. The predicted molar refractivity (Wildman–Crippen MR) is 133 cm³/mol. The van der Waals surface area contributed by atoms with E-state index in [0.29, 0.717) is 11.5 Å². The summed E-state index contributed by atoms with van der Waals surface area (Å²) < 4.78 is 24.8. The first-order valence-corrected chi connectivity index (χ1v) is 11.5. The zero-order chi connectivity index (χ0) is 22.0. The summed E-state index contributed by atoms with van der Waals surface area (Å²) >= 11 is 0. The fraction of sp³-hybridized carbons (Fsp3) is 0. The van der Waals surface area contributed by atoms with E-state index >= 15 is 0 Å². The van der Waals surface area contributed by atoms with E-state index in [1.807, 2.05) is 133 Å². The molecule has 4 aromatic carbocycles. The van der Waals surface area contributed by atoms with E-state index in [1.54, 1.807) is 0 Å². The maximum Gasteiger partial charge on any atom is 0.419 e. The molecule has 0 radical (unpaired) electrons. The monoisotopic (exact) mass is 438 g/mol. The van der Waals surface area contributed by atoms with Crippen molar-refractivity contribution in [3.05, 3.63) is 144 Å². The highest BCUT2D eigenvalue weighted by atomic mass is 31.1. The fourth-order valence-electron chi connectivity index (χ4n) is 3.15. The van der Waals surface area contributed by atoms with E-state index in [-0.39, 0.29) is 0 Å². The average Bonchev–Trinajstić information content (AvgIpc) is 2.86. The minimum Gasteiger partial charge on any atom is -0.417 e. The van der Waals surface area contributed by atoms with Crippen LogP contribution in [-0.2, 0) is 13.6 Å². The lowest BCUT2D eigenvalue weighted by atomic mass is 10.1. The van der Waals surface area contributed by atoms with E-state index in [0.717, 1.165) is 22.3 Å². The second kappa shape index (κ2) is 11.0. The lowest BCUT2D eigenvalue weighted by Crippen LogP contribution is -1.90. The molecule has 0 atom stereocenters. The van der Waals surface area contributed by atoms with E-state index in [9.17, 15) is 4.57 Å². The molecule has 0 heterocycles. The van der Waals surface area contributed by atoms with Crippen molar-refractivity contribution in [1.29, 1.82) is 0 Å². The van der Waals surface area contributed by atoms with Gasteiger partial charge >= 0.3 is 8.25 Å². The van der Waals surface area contributed by atoms with Gasteiger partial charge in [0.15, 0.2) is 0 Å². The molecule has 0 saturated carbocycles. The van der Waals surface area contributed by atoms with E-state index < -0.39 is 8.25 Å². The van der Waals surface area contributed by atoms with Crippen molar-refractivity contribution in [2.24, 2.45) is 0 Å². The van der Waals surface area contributed by atoms with Gasteiger partial charge in [0.1, 0.15) is 11.5 Å². The van der Waals surface area contributed by atoms with Gasteiger partial charge in [-0.3, -0.25) is 0 Å². The van der Waals surface area contributed by atoms with Crippen molar-refractivity contribution in [2.75, 3.05) is 0 Å². The highest BCUT2D eigenvalue weighted by Gasteiger charge is 2.12. The summed E-state index contributed by atoms with van der Waals surface area (Å²) in [6.45, 7) is 0. The molecular weight excluding hydrogens is 415 g/mol. The maximum atomic E-state index is 13.1. The van der Waals surface area contributed by atoms with Crippen LogP contribution in [-0.4, -0.2) is 0 Å². The van der Waals surface area contributed by atoms with Crippen molar-refractivity contribution < 1.29 is 13.6 Å². The molecule has 0 spiro atoms. The first kappa shape index (κ1) is 21.4. The molecule has 0 bridgehead atoms. The van der Waals surface area contributed by atoms with Crippen LogP contribution in [0.4, 0.5) is 0 Å². The van der Waals surface area contributed by atoms with Crippen molar-refractivity contribution >= 4 is 31.9 Å². The molecule has 0 unspecified atom stereocenters. The minimum atomic E-state index is -2.91. The summed E-state index contributed by atoms with van der Waals surface area (Å²) in [4.78, 5) is 0. The third kappa shape index (κ3) is 6.10. The van der Waals surface area contributed by atoms with Crippen LogP contribution >= 0.6 is 8.25 Å². The third-order valence-corrected chi connectivity index (χ3v) is 5.47. The van der Waals surface area contributed by atoms with Crippen LogP contribution in [0.25, 0.3) is 23.7 Å². The summed E-state index contributed by atoms with van der Waals surface area (Å²) in [5, 5.41) is 0. The van der Waals surface area contributed by atoms with Crippen molar-refractivity contribution in [3.8, 4) is 0 Å². The molecule has 3 nitrogen and oxygen atoms in total. The molecule has 0 N–H and O–H groups in total. The number of hydrogen-bond acceptors (Lipinski definition) is 3. The smallest absolute Gasteiger partial charge is 0.417 e. The number of benzene rings is 4. The Kier molecular flexibility index (Phi) is 7.36. The third-order valence-electron chi connectivity index (χ3n) is 4.70. The second-order valence-electron chi connectivity index (χ2n) is 7.02. The molecule has 158 valence electrons. The molecular formula is C28H23O3P. The highest BCUT2D eigenvalue weighted by molar-refractivity contribution is 7.34. The number of rotatable bonds is 8. The number of hydrogen-bond donors (Lipinski definition) is 0. The molecule has 4 heteroatoms. The molecule has 0 aliphatic heterocycles. The van der Waals surface area contributed by atoms with Gasteiger partial charge in [-0.25, -0.2) is 4.57 Å². The SMILES string of the molecule is O=[PH](OC(=Cc1ccccc1)c1ccccc1)OC(=Cc1ccccc1)c1ccccc1. The van der Waals surface area contributed by atoms with Gasteiger partial charge in [-0.15, -0.1) is 0 Å². The first-order valence-electron chi connectivity index (χ1n) is 10.3. The maximum absolute atomic E-state index is 13.1. The predicted octanol–water partition coefficient (Wildman–Crippen LogP) is 7.81. The molecule has 0 aliphatic rings. The molecule has 0 amide bonds. The van der Waals surface area contributed by atoms with Crippen molar-refractivity contribution in [2.45, 2.75) is 0 Å². The molecule has 0 saturated heterocycles. The van der Waals surface area contributed by atoms with Gasteiger partial charge in [0.25, 0.3) is 0 Å². The van der Waals surface area contributed by atoms with Crippen molar-refractivity contribution in [1.82, 2.24) is 0 Å². The second-order valence-corrected chi connectivity index (χ2v) is 7.93. The van der Waals surface area contributed by atoms with Gasteiger partial charge in [0, 0.05) is 11.1 Å². The van der Waals surface area contributed by atoms with Crippen molar-refractivity contribution in [3.63, 3.8) is 0 Å². The van der Waals surface area contributed by atoms with Crippen LogP contribution in [0.1, 0.15) is 22.3 Å². The summed E-state index contributed by atoms with van der Waals surface area (Å²) in [7, 11) is -2.91. The Morgan fingerprint density at radius 2 is 0.812 bits per heavy atom. The Labute approximate surface area is 189 Å². The molecule has 0 fully saturated rings. The normalized spacial score (nSPS) is 12.8. The molecule has 32 heavy (non-hydrogen) atoms. The van der Waals surface area contributed by atoms with Gasteiger partial charge in [0.05, 0.1) is 0 Å². The van der Waals surface area contributed by atoms with Gasteiger partial charge in [-0.1, -0.05) is 121 Å². The van der Waals surface area contributed by atoms with Crippen LogP contribution < -0.4 is 0 Å². The molecule has 0 aromatic heterocycles. The average molecular weight is 438 g/mol. The van der Waals surface area contributed by atoms with Crippen LogP contribution in [0.5, 0.6) is 0 Å². The van der Waals surface area contributed by atoms with E-state index in [2.05, 4.69) is 0 Å². The summed E-state index contributed by atoms with van der Waals surface area (Å²) in [5.41, 5.74) is 3.55. The fourth-order valence-corrected chi connectivity index (χ4v) is 3.90. The Bertz CT molecular complexity index is 1110. The topological polar surface area (TPSA) is 35.5 Å². The van der Waals surface area contributed by atoms with Crippen LogP contribution in [0.15, 0.2) is 121 Å². The Balaban J connectivity index is 1.62. The van der Waals surface area contributed by atoms with Gasteiger partial charge in [-0.2, -0.15) is 0 Å². The highest BCUT2D eigenvalue weighted by Crippen LogP contribution is 2.39. The Morgan fingerprint density at radius 3 is 1.16 bits per heavy atom. The Hall–Kier alpha value is -3.81. The summed E-state index contributed by atoms with van der Waals surface area (Å²) in [5.74, 6) is 0.987. The van der Waals surface area contributed by atoms with Gasteiger partial charge in [-0.05, 0) is 23.3 Å². The zero-order valence-corrected chi connectivity index (χ0v) is 18.4. The molecule has 4 aromatic rings. The quantitative estimate of drug-likeness (QED) is 0.160. The Morgan fingerprint density at radius 1 is 0.500 bits per heavy atom. The molecule has 4 rings (SSSR count). The van der Waals surface area contributed by atoms with Crippen LogP contribution in [0.3, 0.4) is 0 Å². The van der Waals surface area contributed by atoms with Gasteiger partial charge < -0.3 is 9.05 Å². The van der Waals surface area contributed by atoms with E-state index in [1.165, 1.54) is 0 Å². The lowest BCUT2D eigenvalue weighted by molar-refractivity contribution is 0.384. The summed E-state index contributed by atoms with van der Waals surface area (Å²) in [6, 6.07) is 38.8. The zero-order valence-electron chi connectivity index (χ0n) is 17.4. The van der Waals surface area contributed by atoms with Crippen LogP contribution in [0.2, 0.25) is 0 Å². The lowest BCUT2D eigenvalue weighted by Gasteiger charge is -2.14. The van der Waals surface area contributed by atoms with Crippen LogP contribution in [0, 0.1) is 0 Å². The minimum absolute atomic E-state index is 0.493. The van der Waals surface area contributed by atoms with Gasteiger partial charge in [0.2, 0.25) is 0 Å². The largest absolute Gasteiger partial charge is 0.419 e. The summed E-state index contributed by atoms with van der Waals surface area (Å²) in [6.07, 6.45) is 3.73. The standard InChI is InChI=1S/C28H23O3P/c29-32(30-27(25-17-9-3-10-18-25)21-23-13-5-1-6-14-23)31-28(26-19-11-4-12-20-26)22-24-15-7-2-8-16-24/h1-22,32H.